The van der Waals surface area contributed by atoms with Crippen LogP contribution in [0.4, 0.5) is 0 Å². The molecule has 4 rings (SSSR count). The van der Waals surface area contributed by atoms with Crippen molar-refractivity contribution < 1.29 is 19.4 Å². The Labute approximate surface area is 187 Å². The second-order valence-electron chi connectivity index (χ2n) is 11.6. The summed E-state index contributed by atoms with van der Waals surface area (Å²) in [5.74, 6) is 9.24. The number of fused-ring (bicyclic) bond motifs is 5. The van der Waals surface area contributed by atoms with Crippen molar-refractivity contribution in [2.75, 3.05) is 6.61 Å². The monoisotopic (exact) mass is 428 g/mol. The van der Waals surface area contributed by atoms with Gasteiger partial charge in [0.1, 0.15) is 18.0 Å². The molecule has 0 radical (unpaired) electrons. The van der Waals surface area contributed by atoms with Gasteiger partial charge in [-0.05, 0) is 99.2 Å². The van der Waals surface area contributed by atoms with Gasteiger partial charge in [-0.2, -0.15) is 0 Å². The number of aliphatic hydroxyl groups is 1. The van der Waals surface area contributed by atoms with Crippen molar-refractivity contribution in [1.82, 2.24) is 0 Å². The fourth-order valence-corrected chi connectivity index (χ4v) is 8.50. The van der Waals surface area contributed by atoms with Crippen LogP contribution in [0.15, 0.2) is 0 Å². The van der Waals surface area contributed by atoms with Gasteiger partial charge in [-0.15, -0.1) is 0 Å². The first kappa shape index (κ1) is 22.8. The number of carbonyl (C=O) groups is 2. The van der Waals surface area contributed by atoms with Crippen molar-refractivity contribution in [2.45, 2.75) is 97.5 Å². The maximum absolute atomic E-state index is 12.3. The van der Waals surface area contributed by atoms with E-state index in [4.69, 9.17) is 4.74 Å². The van der Waals surface area contributed by atoms with Gasteiger partial charge in [-0.25, -0.2) is 0 Å². The second-order valence-corrected chi connectivity index (χ2v) is 11.6. The minimum absolute atomic E-state index is 0.207. The van der Waals surface area contributed by atoms with E-state index in [0.717, 1.165) is 37.5 Å². The predicted octanol–water partition coefficient (Wildman–Crippen LogP) is 4.92. The Hall–Kier alpha value is -1.34. The lowest BCUT2D eigenvalue weighted by Crippen LogP contribution is -2.56. The van der Waals surface area contributed by atoms with E-state index in [1.807, 2.05) is 0 Å². The number of carbonyl (C=O) groups excluding carboxylic acids is 2. The average Bonchev–Trinajstić information content (AvgIpc) is 3.06. The van der Waals surface area contributed by atoms with Crippen molar-refractivity contribution in [2.24, 2.45) is 40.4 Å². The van der Waals surface area contributed by atoms with Gasteiger partial charge in [-0.1, -0.05) is 25.7 Å². The van der Waals surface area contributed by atoms with Gasteiger partial charge in [0.15, 0.2) is 0 Å². The Morgan fingerprint density at radius 3 is 2.42 bits per heavy atom. The fraction of sp³-hybridized carbons (Fsp3) is 0.852. The zero-order chi connectivity index (χ0) is 22.4. The Balaban J connectivity index is 1.45. The van der Waals surface area contributed by atoms with Crippen LogP contribution in [0, 0.1) is 52.3 Å². The van der Waals surface area contributed by atoms with E-state index >= 15 is 0 Å². The van der Waals surface area contributed by atoms with Crippen molar-refractivity contribution in [3.05, 3.63) is 0 Å². The first-order valence-electron chi connectivity index (χ1n) is 12.5. The molecule has 172 valence electrons. The summed E-state index contributed by atoms with van der Waals surface area (Å²) >= 11 is 0. The number of rotatable bonds is 3. The summed E-state index contributed by atoms with van der Waals surface area (Å²) in [5, 5.41) is 11.2. The molecule has 31 heavy (non-hydrogen) atoms. The predicted molar refractivity (Wildman–Crippen MR) is 120 cm³/mol. The molecule has 4 aliphatic rings. The average molecular weight is 429 g/mol. The third-order valence-electron chi connectivity index (χ3n) is 10.1. The van der Waals surface area contributed by atoms with E-state index in [-0.39, 0.29) is 22.7 Å². The highest BCUT2D eigenvalue weighted by molar-refractivity contribution is 5.79. The molecule has 0 aromatic heterocycles. The van der Waals surface area contributed by atoms with E-state index in [0.29, 0.717) is 30.6 Å². The molecule has 4 aliphatic carbocycles. The molecule has 0 aromatic carbocycles. The maximum atomic E-state index is 12.3. The summed E-state index contributed by atoms with van der Waals surface area (Å²) in [6.07, 6.45) is 10.2. The normalized spacial score (nSPS) is 46.0. The van der Waals surface area contributed by atoms with Gasteiger partial charge < -0.3 is 9.84 Å². The third-order valence-corrected chi connectivity index (χ3v) is 10.1. The SMILES string of the molecule is CC(=O)OCCC#C[C@@]1(O)CC[C@@]2(C)[C@H](CC[C@@H]3[C@@H]2CC[C@]2(C)[C@@H](C(C)=O)CC[C@@H]32)C1. The van der Waals surface area contributed by atoms with Gasteiger partial charge >= 0.3 is 5.97 Å². The molecule has 8 atom stereocenters. The number of ether oxygens (including phenoxy) is 1. The van der Waals surface area contributed by atoms with Crippen molar-refractivity contribution in [3.8, 4) is 11.8 Å². The first-order valence-corrected chi connectivity index (χ1v) is 12.5. The lowest BCUT2D eigenvalue weighted by molar-refractivity contribution is -0.144. The minimum Gasteiger partial charge on any atom is -0.465 e. The summed E-state index contributed by atoms with van der Waals surface area (Å²) < 4.78 is 4.95. The molecular formula is C27H40O4. The molecule has 0 aliphatic heterocycles. The number of Topliss-reactive ketones (excluding diaryl/α,β-unsaturated/α-hetero) is 1. The minimum atomic E-state index is -0.899. The van der Waals surface area contributed by atoms with Gasteiger partial charge in [0.05, 0.1) is 0 Å². The summed E-state index contributed by atoms with van der Waals surface area (Å²) in [7, 11) is 0. The summed E-state index contributed by atoms with van der Waals surface area (Å²) in [6.45, 7) is 8.40. The van der Waals surface area contributed by atoms with Crippen LogP contribution in [0.3, 0.4) is 0 Å². The standard InChI is InChI=1S/C27H40O4/c1-18(28)22-9-10-23-21-8-7-20-17-27(30,12-5-6-16-31-19(2)29)15-14-25(20,3)24(21)11-13-26(22,23)4/h20-24,30H,6-11,13-17H2,1-4H3/t20-,21+,22-,23+,24+,25+,26-,27-/m1/s1. The molecule has 0 bridgehead atoms. The van der Waals surface area contributed by atoms with E-state index in [2.05, 4.69) is 25.7 Å². The largest absolute Gasteiger partial charge is 0.465 e. The third kappa shape index (κ3) is 3.97. The quantitative estimate of drug-likeness (QED) is 0.394. The molecule has 4 fully saturated rings. The van der Waals surface area contributed by atoms with E-state index < -0.39 is 5.60 Å². The van der Waals surface area contributed by atoms with E-state index in [9.17, 15) is 14.7 Å². The van der Waals surface area contributed by atoms with Crippen molar-refractivity contribution >= 4 is 11.8 Å². The molecule has 0 unspecified atom stereocenters. The fourth-order valence-electron chi connectivity index (χ4n) is 8.50. The van der Waals surface area contributed by atoms with Crippen molar-refractivity contribution in [1.29, 1.82) is 0 Å². The topological polar surface area (TPSA) is 63.6 Å². The molecule has 0 heterocycles. The highest BCUT2D eigenvalue weighted by Gasteiger charge is 2.61. The lowest BCUT2D eigenvalue weighted by atomic mass is 9.44. The summed E-state index contributed by atoms with van der Waals surface area (Å²) in [4.78, 5) is 23.2. The van der Waals surface area contributed by atoms with Crippen LogP contribution in [-0.4, -0.2) is 29.1 Å². The van der Waals surface area contributed by atoms with Gasteiger partial charge in [0.2, 0.25) is 0 Å². The number of hydrogen-bond acceptors (Lipinski definition) is 4. The highest BCUT2D eigenvalue weighted by atomic mass is 16.5. The molecule has 4 heteroatoms. The summed E-state index contributed by atoms with van der Waals surface area (Å²) in [5.41, 5.74) is -0.410. The lowest BCUT2D eigenvalue weighted by Gasteiger charge is -2.61. The highest BCUT2D eigenvalue weighted by Crippen LogP contribution is 2.68. The molecular weight excluding hydrogens is 388 g/mol. The summed E-state index contributed by atoms with van der Waals surface area (Å²) in [6, 6.07) is 0. The van der Waals surface area contributed by atoms with Crippen LogP contribution in [-0.2, 0) is 14.3 Å². The molecule has 4 nitrogen and oxygen atoms in total. The Kier molecular flexibility index (Phi) is 6.05. The van der Waals surface area contributed by atoms with Gasteiger partial charge in [0.25, 0.3) is 0 Å². The molecule has 0 amide bonds. The molecule has 0 aromatic rings. The van der Waals surface area contributed by atoms with Crippen LogP contribution in [0.5, 0.6) is 0 Å². The zero-order valence-corrected chi connectivity index (χ0v) is 19.8. The number of ketones is 1. The van der Waals surface area contributed by atoms with Crippen LogP contribution in [0.1, 0.15) is 91.9 Å². The van der Waals surface area contributed by atoms with Gasteiger partial charge in [0, 0.05) is 19.3 Å². The Bertz CT molecular complexity index is 793. The number of hydrogen-bond donors (Lipinski definition) is 1. The first-order chi connectivity index (χ1) is 14.6. The van der Waals surface area contributed by atoms with E-state index in [1.165, 1.54) is 39.0 Å². The van der Waals surface area contributed by atoms with Crippen LogP contribution < -0.4 is 0 Å². The number of esters is 1. The van der Waals surface area contributed by atoms with E-state index in [1.54, 1.807) is 6.92 Å². The molecule has 0 saturated heterocycles. The second kappa shape index (κ2) is 8.22. The van der Waals surface area contributed by atoms with Crippen LogP contribution in [0.2, 0.25) is 0 Å². The molecule has 1 N–H and O–H groups in total. The van der Waals surface area contributed by atoms with Crippen LogP contribution >= 0.6 is 0 Å². The molecule has 0 spiro atoms. The van der Waals surface area contributed by atoms with Gasteiger partial charge in [-0.3, -0.25) is 9.59 Å². The maximum Gasteiger partial charge on any atom is 0.302 e. The Morgan fingerprint density at radius 2 is 1.71 bits per heavy atom. The zero-order valence-electron chi connectivity index (χ0n) is 19.8. The Morgan fingerprint density at radius 1 is 0.968 bits per heavy atom. The van der Waals surface area contributed by atoms with Crippen LogP contribution in [0.25, 0.3) is 0 Å². The smallest absolute Gasteiger partial charge is 0.302 e. The van der Waals surface area contributed by atoms with Crippen molar-refractivity contribution in [3.63, 3.8) is 0 Å². The molecule has 4 saturated carbocycles.